The summed E-state index contributed by atoms with van der Waals surface area (Å²) in [5, 5.41) is 10.8. The zero-order chi connectivity index (χ0) is 12.0. The Balaban J connectivity index is 2.31. The molecule has 4 nitrogen and oxygen atoms in total. The molecule has 1 aromatic carbocycles. The predicted molar refractivity (Wildman–Crippen MR) is 66.5 cm³/mol. The molecule has 0 aliphatic carbocycles. The van der Waals surface area contributed by atoms with Crippen molar-refractivity contribution in [2.24, 2.45) is 0 Å². The van der Waals surface area contributed by atoms with Gasteiger partial charge in [0.2, 0.25) is 0 Å². The number of benzene rings is 1. The number of carboxylic acid groups (broad SMARTS) is 1. The Labute approximate surface area is 103 Å². The van der Waals surface area contributed by atoms with Crippen LogP contribution in [0.1, 0.15) is 5.56 Å². The number of likely N-dealkylation sites (N-methyl/N-ethyl adjacent to an activating group) is 1. The summed E-state index contributed by atoms with van der Waals surface area (Å²) >= 11 is 3.38. The SMILES string of the molecule is CN(CCNC(=O)O)Cc1ccc(Br)cc1. The lowest BCUT2D eigenvalue weighted by Crippen LogP contribution is -2.31. The Hall–Kier alpha value is -1.07. The standard InChI is InChI=1S/C11H15BrN2O2/c1-14(7-6-13-11(15)16)8-9-2-4-10(12)5-3-9/h2-5,13H,6-8H2,1H3,(H,15,16). The Bertz CT molecular complexity index is 340. The van der Waals surface area contributed by atoms with Gasteiger partial charge >= 0.3 is 6.09 Å². The summed E-state index contributed by atoms with van der Waals surface area (Å²) in [6, 6.07) is 8.09. The fourth-order valence-electron chi connectivity index (χ4n) is 1.33. The molecule has 0 heterocycles. The Morgan fingerprint density at radius 3 is 2.62 bits per heavy atom. The van der Waals surface area contributed by atoms with E-state index < -0.39 is 6.09 Å². The van der Waals surface area contributed by atoms with E-state index in [-0.39, 0.29) is 0 Å². The second-order valence-electron chi connectivity index (χ2n) is 3.60. The summed E-state index contributed by atoms with van der Waals surface area (Å²) in [5.74, 6) is 0. The van der Waals surface area contributed by atoms with Crippen LogP contribution in [0, 0.1) is 0 Å². The summed E-state index contributed by atoms with van der Waals surface area (Å²) in [6.07, 6.45) is -0.975. The molecule has 0 bridgehead atoms. The molecule has 0 fully saturated rings. The number of nitrogens with zero attached hydrogens (tertiary/aromatic N) is 1. The molecule has 16 heavy (non-hydrogen) atoms. The van der Waals surface area contributed by atoms with Crippen LogP contribution in [0.3, 0.4) is 0 Å². The molecule has 5 heteroatoms. The largest absolute Gasteiger partial charge is 0.465 e. The van der Waals surface area contributed by atoms with E-state index in [0.29, 0.717) is 13.1 Å². The topological polar surface area (TPSA) is 52.6 Å². The number of carbonyl (C=O) groups is 1. The third kappa shape index (κ3) is 5.14. The molecule has 2 N–H and O–H groups in total. The summed E-state index contributed by atoms with van der Waals surface area (Å²) in [6.45, 7) is 1.96. The van der Waals surface area contributed by atoms with Gasteiger partial charge in [-0.1, -0.05) is 28.1 Å². The maximum atomic E-state index is 10.2. The van der Waals surface area contributed by atoms with Crippen molar-refractivity contribution in [3.8, 4) is 0 Å². The monoisotopic (exact) mass is 286 g/mol. The molecule has 0 aromatic heterocycles. The van der Waals surface area contributed by atoms with Crippen LogP contribution in [0.4, 0.5) is 4.79 Å². The molecule has 0 aliphatic heterocycles. The van der Waals surface area contributed by atoms with E-state index in [2.05, 4.69) is 26.1 Å². The highest BCUT2D eigenvalue weighted by Gasteiger charge is 2.01. The van der Waals surface area contributed by atoms with Crippen molar-refractivity contribution in [3.63, 3.8) is 0 Å². The summed E-state index contributed by atoms with van der Waals surface area (Å²) in [4.78, 5) is 12.3. The molecule has 0 atom stereocenters. The molecule has 1 amide bonds. The highest BCUT2D eigenvalue weighted by atomic mass is 79.9. The lowest BCUT2D eigenvalue weighted by Gasteiger charge is -2.16. The number of rotatable bonds is 5. The third-order valence-electron chi connectivity index (χ3n) is 2.14. The van der Waals surface area contributed by atoms with Crippen molar-refractivity contribution in [2.45, 2.75) is 6.54 Å². The summed E-state index contributed by atoms with van der Waals surface area (Å²) in [7, 11) is 1.96. The van der Waals surface area contributed by atoms with Crippen molar-refractivity contribution in [3.05, 3.63) is 34.3 Å². The second kappa shape index (κ2) is 6.50. The van der Waals surface area contributed by atoms with Crippen LogP contribution in [0.5, 0.6) is 0 Å². The van der Waals surface area contributed by atoms with Gasteiger partial charge in [0.05, 0.1) is 0 Å². The minimum Gasteiger partial charge on any atom is -0.465 e. The fraction of sp³-hybridized carbons (Fsp3) is 0.364. The molecule has 1 rings (SSSR count). The second-order valence-corrected chi connectivity index (χ2v) is 4.51. The summed E-state index contributed by atoms with van der Waals surface area (Å²) < 4.78 is 1.06. The van der Waals surface area contributed by atoms with Gasteiger partial charge in [0.15, 0.2) is 0 Å². The highest BCUT2D eigenvalue weighted by Crippen LogP contribution is 2.11. The van der Waals surface area contributed by atoms with E-state index in [1.807, 2.05) is 31.3 Å². The first-order valence-electron chi connectivity index (χ1n) is 4.97. The predicted octanol–water partition coefficient (Wildman–Crippen LogP) is 2.15. The number of amides is 1. The smallest absolute Gasteiger partial charge is 0.404 e. The molecule has 0 saturated heterocycles. The molecular formula is C11H15BrN2O2. The quantitative estimate of drug-likeness (QED) is 0.872. The van der Waals surface area contributed by atoms with E-state index in [1.54, 1.807) is 0 Å². The molecule has 0 unspecified atom stereocenters. The fourth-order valence-corrected chi connectivity index (χ4v) is 1.60. The van der Waals surface area contributed by atoms with Crippen LogP contribution < -0.4 is 5.32 Å². The van der Waals surface area contributed by atoms with Crippen LogP contribution in [0.2, 0.25) is 0 Å². The lowest BCUT2D eigenvalue weighted by atomic mass is 10.2. The van der Waals surface area contributed by atoms with Crippen LogP contribution in [-0.4, -0.2) is 36.2 Å². The maximum absolute atomic E-state index is 10.2. The zero-order valence-electron chi connectivity index (χ0n) is 9.11. The van der Waals surface area contributed by atoms with Crippen LogP contribution in [-0.2, 0) is 6.54 Å². The van der Waals surface area contributed by atoms with Gasteiger partial charge in [0.25, 0.3) is 0 Å². The van der Waals surface area contributed by atoms with E-state index >= 15 is 0 Å². The maximum Gasteiger partial charge on any atom is 0.404 e. The number of hydrogen-bond donors (Lipinski definition) is 2. The van der Waals surface area contributed by atoms with E-state index in [0.717, 1.165) is 11.0 Å². The van der Waals surface area contributed by atoms with Gasteiger partial charge in [0, 0.05) is 24.1 Å². The lowest BCUT2D eigenvalue weighted by molar-refractivity contribution is 0.192. The van der Waals surface area contributed by atoms with Crippen molar-refractivity contribution in [1.29, 1.82) is 0 Å². The van der Waals surface area contributed by atoms with E-state index in [4.69, 9.17) is 5.11 Å². The number of hydrogen-bond acceptors (Lipinski definition) is 2. The Kier molecular flexibility index (Phi) is 5.28. The van der Waals surface area contributed by atoms with E-state index in [9.17, 15) is 4.79 Å². The van der Waals surface area contributed by atoms with Gasteiger partial charge in [0.1, 0.15) is 0 Å². The van der Waals surface area contributed by atoms with Gasteiger partial charge in [-0.05, 0) is 24.7 Å². The average molecular weight is 287 g/mol. The minimum absolute atomic E-state index is 0.447. The molecule has 0 spiro atoms. The molecule has 88 valence electrons. The van der Waals surface area contributed by atoms with Gasteiger partial charge in [-0.2, -0.15) is 0 Å². The normalized spacial score (nSPS) is 10.4. The van der Waals surface area contributed by atoms with Gasteiger partial charge in [-0.3, -0.25) is 0 Å². The summed E-state index contributed by atoms with van der Waals surface area (Å²) in [5.41, 5.74) is 1.21. The van der Waals surface area contributed by atoms with Crippen molar-refractivity contribution >= 4 is 22.0 Å². The first kappa shape index (κ1) is 13.0. The highest BCUT2D eigenvalue weighted by molar-refractivity contribution is 9.10. The minimum atomic E-state index is -0.975. The Morgan fingerprint density at radius 1 is 1.44 bits per heavy atom. The van der Waals surface area contributed by atoms with Gasteiger partial charge in [-0.15, -0.1) is 0 Å². The first-order chi connectivity index (χ1) is 7.58. The molecule has 0 aliphatic rings. The number of halogens is 1. The van der Waals surface area contributed by atoms with Crippen molar-refractivity contribution in [1.82, 2.24) is 10.2 Å². The molecular weight excluding hydrogens is 272 g/mol. The van der Waals surface area contributed by atoms with Crippen molar-refractivity contribution < 1.29 is 9.90 Å². The van der Waals surface area contributed by atoms with Gasteiger partial charge < -0.3 is 15.3 Å². The van der Waals surface area contributed by atoms with Gasteiger partial charge in [-0.25, -0.2) is 4.79 Å². The Morgan fingerprint density at radius 2 is 2.06 bits per heavy atom. The molecule has 0 radical (unpaired) electrons. The first-order valence-corrected chi connectivity index (χ1v) is 5.77. The average Bonchev–Trinajstić information content (AvgIpc) is 2.21. The van der Waals surface area contributed by atoms with Crippen LogP contribution in [0.15, 0.2) is 28.7 Å². The number of nitrogens with one attached hydrogen (secondary N) is 1. The van der Waals surface area contributed by atoms with E-state index in [1.165, 1.54) is 5.56 Å². The van der Waals surface area contributed by atoms with Crippen LogP contribution in [0.25, 0.3) is 0 Å². The molecule has 0 saturated carbocycles. The van der Waals surface area contributed by atoms with Crippen LogP contribution >= 0.6 is 15.9 Å². The molecule has 1 aromatic rings. The zero-order valence-corrected chi connectivity index (χ0v) is 10.7. The third-order valence-corrected chi connectivity index (χ3v) is 2.66. The van der Waals surface area contributed by atoms with Crippen molar-refractivity contribution in [2.75, 3.05) is 20.1 Å².